The van der Waals surface area contributed by atoms with E-state index < -0.39 is 0 Å². The summed E-state index contributed by atoms with van der Waals surface area (Å²) in [7, 11) is 0. The van der Waals surface area contributed by atoms with E-state index in [9.17, 15) is 4.79 Å². The fourth-order valence-electron chi connectivity index (χ4n) is 3.23. The molecule has 0 radical (unpaired) electrons. The highest BCUT2D eigenvalue weighted by molar-refractivity contribution is 5.92. The normalized spacial score (nSPS) is 12.6. The minimum atomic E-state index is -0.368. The van der Waals surface area contributed by atoms with Gasteiger partial charge in [0.2, 0.25) is 0 Å². The number of H-pyrrole nitrogens is 1. The van der Waals surface area contributed by atoms with Crippen LogP contribution in [0.3, 0.4) is 0 Å². The molecular weight excluding hydrogens is 304 g/mol. The zero-order valence-corrected chi connectivity index (χ0v) is 13.7. The number of esters is 1. The molecule has 2 aromatic heterocycles. The van der Waals surface area contributed by atoms with Crippen molar-refractivity contribution in [2.75, 3.05) is 6.61 Å². The van der Waals surface area contributed by atoms with Crippen LogP contribution >= 0.6 is 0 Å². The number of hydrogen-bond donors (Lipinski definition) is 1. The number of carbonyl (C=O) groups excluding carboxylic acids is 1. The molecule has 0 saturated heterocycles. The summed E-state index contributed by atoms with van der Waals surface area (Å²) in [5, 5.41) is 11.8. The zero-order chi connectivity index (χ0) is 16.7. The Morgan fingerprint density at radius 2 is 2.25 bits per heavy atom. The SMILES string of the molecule is CCOC(=O)c1nn(-c2cccc(C)c2)c2c1CCc1[nH]ncc1-2. The molecule has 0 aliphatic heterocycles. The van der Waals surface area contributed by atoms with Crippen molar-refractivity contribution in [1.82, 2.24) is 20.0 Å². The van der Waals surface area contributed by atoms with Crippen LogP contribution < -0.4 is 0 Å². The molecule has 0 bridgehead atoms. The van der Waals surface area contributed by atoms with Crippen molar-refractivity contribution < 1.29 is 9.53 Å². The number of aryl methyl sites for hydroxylation is 2. The van der Waals surface area contributed by atoms with Gasteiger partial charge >= 0.3 is 5.97 Å². The maximum atomic E-state index is 12.4. The Balaban J connectivity index is 1.96. The number of nitrogens with zero attached hydrogens (tertiary/aromatic N) is 3. The molecule has 2 heterocycles. The van der Waals surface area contributed by atoms with Gasteiger partial charge in [-0.25, -0.2) is 9.48 Å². The van der Waals surface area contributed by atoms with Crippen LogP contribution in [0, 0.1) is 6.92 Å². The van der Waals surface area contributed by atoms with Crippen LogP contribution in [-0.2, 0) is 17.6 Å². The fourth-order valence-corrected chi connectivity index (χ4v) is 3.23. The first-order valence-electron chi connectivity index (χ1n) is 8.07. The van der Waals surface area contributed by atoms with Gasteiger partial charge in [0.25, 0.3) is 0 Å². The highest BCUT2D eigenvalue weighted by atomic mass is 16.5. The van der Waals surface area contributed by atoms with Crippen molar-refractivity contribution in [2.45, 2.75) is 26.7 Å². The monoisotopic (exact) mass is 322 g/mol. The number of nitrogens with one attached hydrogen (secondary N) is 1. The quantitative estimate of drug-likeness (QED) is 0.753. The molecule has 122 valence electrons. The number of aromatic amines is 1. The van der Waals surface area contributed by atoms with Gasteiger partial charge in [0.05, 0.1) is 24.2 Å². The summed E-state index contributed by atoms with van der Waals surface area (Å²) in [6, 6.07) is 8.07. The standard InChI is InChI=1S/C18H18N4O2/c1-3-24-18(23)16-13-7-8-15-14(10-19-20-15)17(13)22(21-16)12-6-4-5-11(2)9-12/h4-6,9-10H,3,7-8H2,1-2H3,(H,19,20). The first-order valence-corrected chi connectivity index (χ1v) is 8.07. The van der Waals surface area contributed by atoms with Crippen LogP contribution in [0.15, 0.2) is 30.5 Å². The molecule has 1 N–H and O–H groups in total. The Labute approximate surface area is 139 Å². The van der Waals surface area contributed by atoms with Crippen molar-refractivity contribution >= 4 is 5.97 Å². The van der Waals surface area contributed by atoms with Crippen molar-refractivity contribution in [3.63, 3.8) is 0 Å². The molecule has 0 amide bonds. The van der Waals surface area contributed by atoms with Crippen molar-refractivity contribution in [3.05, 3.63) is 53.0 Å². The van der Waals surface area contributed by atoms with Gasteiger partial charge in [-0.1, -0.05) is 12.1 Å². The Morgan fingerprint density at radius 1 is 1.38 bits per heavy atom. The van der Waals surface area contributed by atoms with Crippen LogP contribution in [0.25, 0.3) is 16.9 Å². The summed E-state index contributed by atoms with van der Waals surface area (Å²) in [4.78, 5) is 12.4. The highest BCUT2D eigenvalue weighted by Gasteiger charge is 2.30. The molecule has 0 fully saturated rings. The number of carbonyl (C=O) groups is 1. The number of fused-ring (bicyclic) bond motifs is 3. The number of ether oxygens (including phenoxy) is 1. The van der Waals surface area contributed by atoms with Gasteiger partial charge in [0.15, 0.2) is 5.69 Å². The minimum Gasteiger partial charge on any atom is -0.461 e. The number of rotatable bonds is 3. The van der Waals surface area contributed by atoms with Crippen LogP contribution in [0.2, 0.25) is 0 Å². The van der Waals surface area contributed by atoms with Gasteiger partial charge in [-0.3, -0.25) is 5.10 Å². The van der Waals surface area contributed by atoms with E-state index in [1.807, 2.05) is 29.8 Å². The van der Waals surface area contributed by atoms with Crippen molar-refractivity contribution in [2.24, 2.45) is 0 Å². The van der Waals surface area contributed by atoms with E-state index in [2.05, 4.69) is 21.4 Å². The first-order chi connectivity index (χ1) is 11.7. The molecule has 0 saturated carbocycles. The summed E-state index contributed by atoms with van der Waals surface area (Å²) in [6.45, 7) is 4.17. The topological polar surface area (TPSA) is 72.8 Å². The lowest BCUT2D eigenvalue weighted by Crippen LogP contribution is -2.10. The lowest BCUT2D eigenvalue weighted by Gasteiger charge is -2.14. The number of hydrogen-bond acceptors (Lipinski definition) is 4. The Kier molecular flexibility index (Phi) is 3.45. The largest absolute Gasteiger partial charge is 0.461 e. The molecule has 1 aliphatic carbocycles. The first kappa shape index (κ1) is 14.7. The van der Waals surface area contributed by atoms with Crippen LogP contribution in [0.1, 0.15) is 34.2 Å². The van der Waals surface area contributed by atoms with Crippen molar-refractivity contribution in [3.8, 4) is 16.9 Å². The second-order valence-electron chi connectivity index (χ2n) is 5.91. The summed E-state index contributed by atoms with van der Waals surface area (Å²) in [6.07, 6.45) is 3.36. The van der Waals surface area contributed by atoms with E-state index in [1.54, 1.807) is 13.1 Å². The smallest absolute Gasteiger partial charge is 0.359 e. The van der Waals surface area contributed by atoms with E-state index in [0.717, 1.165) is 46.6 Å². The maximum absolute atomic E-state index is 12.4. The molecule has 6 nitrogen and oxygen atoms in total. The lowest BCUT2D eigenvalue weighted by atomic mass is 9.94. The van der Waals surface area contributed by atoms with Gasteiger partial charge in [-0.2, -0.15) is 10.2 Å². The second-order valence-corrected chi connectivity index (χ2v) is 5.91. The van der Waals surface area contributed by atoms with Crippen LogP contribution in [0.4, 0.5) is 0 Å². The molecule has 3 aromatic rings. The average Bonchev–Trinajstić information content (AvgIpc) is 3.19. The van der Waals surface area contributed by atoms with Gasteiger partial charge in [-0.15, -0.1) is 0 Å². The zero-order valence-electron chi connectivity index (χ0n) is 13.7. The van der Waals surface area contributed by atoms with E-state index in [1.165, 1.54) is 0 Å². The molecule has 0 unspecified atom stereocenters. The second kappa shape index (κ2) is 5.63. The van der Waals surface area contributed by atoms with E-state index in [-0.39, 0.29) is 5.97 Å². The fraction of sp³-hybridized carbons (Fsp3) is 0.278. The predicted molar refractivity (Wildman–Crippen MR) is 89.2 cm³/mol. The summed E-state index contributed by atoms with van der Waals surface area (Å²) in [5.41, 5.74) is 6.41. The van der Waals surface area contributed by atoms with Crippen LogP contribution in [0.5, 0.6) is 0 Å². The molecule has 1 aliphatic rings. The minimum absolute atomic E-state index is 0.335. The summed E-state index contributed by atoms with van der Waals surface area (Å²) in [5.74, 6) is -0.368. The number of benzene rings is 1. The third-order valence-electron chi connectivity index (χ3n) is 4.30. The third kappa shape index (κ3) is 2.22. The van der Waals surface area contributed by atoms with Crippen molar-refractivity contribution in [1.29, 1.82) is 0 Å². The Bertz CT molecular complexity index is 923. The summed E-state index contributed by atoms with van der Waals surface area (Å²) < 4.78 is 7.03. The molecule has 0 spiro atoms. The lowest BCUT2D eigenvalue weighted by molar-refractivity contribution is 0.0517. The van der Waals surface area contributed by atoms with Gasteiger partial charge < -0.3 is 4.74 Å². The van der Waals surface area contributed by atoms with Gasteiger partial charge in [0.1, 0.15) is 0 Å². The third-order valence-corrected chi connectivity index (χ3v) is 4.30. The average molecular weight is 322 g/mol. The predicted octanol–water partition coefficient (Wildman–Crippen LogP) is 2.85. The Hall–Kier alpha value is -2.89. The summed E-state index contributed by atoms with van der Waals surface area (Å²) >= 11 is 0. The van der Waals surface area contributed by atoms with Gasteiger partial charge in [0, 0.05) is 16.8 Å². The van der Waals surface area contributed by atoms with E-state index in [4.69, 9.17) is 4.74 Å². The molecule has 24 heavy (non-hydrogen) atoms. The molecule has 4 rings (SSSR count). The van der Waals surface area contributed by atoms with E-state index >= 15 is 0 Å². The Morgan fingerprint density at radius 3 is 3.04 bits per heavy atom. The highest BCUT2D eigenvalue weighted by Crippen LogP contribution is 2.36. The molecule has 1 aromatic carbocycles. The molecule has 0 atom stereocenters. The van der Waals surface area contributed by atoms with Gasteiger partial charge in [-0.05, 0) is 44.4 Å². The number of aromatic nitrogens is 4. The molecular formula is C18H18N4O2. The molecule has 6 heteroatoms. The van der Waals surface area contributed by atoms with E-state index in [0.29, 0.717) is 12.3 Å². The van der Waals surface area contributed by atoms with Crippen LogP contribution in [-0.4, -0.2) is 32.6 Å². The maximum Gasteiger partial charge on any atom is 0.359 e.